The number of amides is 1. The molecule has 0 atom stereocenters. The van der Waals surface area contributed by atoms with E-state index in [1.165, 1.54) is 26.3 Å². The number of carboxylic acid groups (broad SMARTS) is 2. The van der Waals surface area contributed by atoms with Crippen molar-refractivity contribution in [2.24, 2.45) is 5.92 Å². The van der Waals surface area contributed by atoms with Crippen LogP contribution >= 0.6 is 0 Å². The predicted molar refractivity (Wildman–Crippen MR) is 65.2 cm³/mol. The quantitative estimate of drug-likeness (QED) is 0.750. The van der Waals surface area contributed by atoms with Gasteiger partial charge in [0.1, 0.15) is 5.75 Å². The van der Waals surface area contributed by atoms with Gasteiger partial charge in [-0.15, -0.1) is 0 Å². The average Bonchev–Trinajstić information content (AvgIpc) is 2.37. The smallest absolute Gasteiger partial charge is 0.327 e. The Kier molecular flexibility index (Phi) is 4.46. The van der Waals surface area contributed by atoms with E-state index in [1.54, 1.807) is 12.1 Å². The number of anilines is 1. The lowest BCUT2D eigenvalue weighted by Crippen LogP contribution is -2.41. The SMILES string of the molecule is COc1ccc(N(C)C(=O)C(C(=O)O)C(=O)O)cc1. The fourth-order valence-electron chi connectivity index (χ4n) is 1.44. The summed E-state index contributed by atoms with van der Waals surface area (Å²) in [6.07, 6.45) is 0. The van der Waals surface area contributed by atoms with Crippen LogP contribution in [0.3, 0.4) is 0 Å². The number of carbonyl (C=O) groups is 3. The van der Waals surface area contributed by atoms with Gasteiger partial charge in [0, 0.05) is 12.7 Å². The maximum absolute atomic E-state index is 11.8. The standard InChI is InChI=1S/C12H13NO6/c1-13(7-3-5-8(19-2)6-4-7)10(14)9(11(15)16)12(17)18/h3-6,9H,1-2H3,(H,15,16)(H,17,18). The number of ether oxygens (including phenoxy) is 1. The van der Waals surface area contributed by atoms with Gasteiger partial charge >= 0.3 is 11.9 Å². The van der Waals surface area contributed by atoms with Crippen LogP contribution < -0.4 is 9.64 Å². The molecule has 0 saturated carbocycles. The maximum atomic E-state index is 11.8. The first-order valence-corrected chi connectivity index (χ1v) is 5.25. The van der Waals surface area contributed by atoms with Crippen molar-refractivity contribution in [3.05, 3.63) is 24.3 Å². The second-order valence-electron chi connectivity index (χ2n) is 3.70. The highest BCUT2D eigenvalue weighted by atomic mass is 16.5. The zero-order valence-corrected chi connectivity index (χ0v) is 10.4. The first kappa shape index (κ1) is 14.5. The van der Waals surface area contributed by atoms with E-state index in [0.717, 1.165) is 4.90 Å². The lowest BCUT2D eigenvalue weighted by Gasteiger charge is -2.19. The third-order valence-electron chi connectivity index (χ3n) is 2.53. The number of carbonyl (C=O) groups excluding carboxylic acids is 1. The lowest BCUT2D eigenvalue weighted by atomic mass is 10.1. The Morgan fingerprint density at radius 1 is 1.11 bits per heavy atom. The Hall–Kier alpha value is -2.57. The Labute approximate surface area is 109 Å². The molecule has 1 aromatic carbocycles. The number of nitrogens with zero attached hydrogens (tertiary/aromatic N) is 1. The largest absolute Gasteiger partial charge is 0.497 e. The maximum Gasteiger partial charge on any atom is 0.327 e. The molecule has 102 valence electrons. The van der Waals surface area contributed by atoms with Crippen LogP contribution in [0.15, 0.2) is 24.3 Å². The Morgan fingerprint density at radius 3 is 1.95 bits per heavy atom. The van der Waals surface area contributed by atoms with E-state index in [0.29, 0.717) is 11.4 Å². The van der Waals surface area contributed by atoms with E-state index >= 15 is 0 Å². The summed E-state index contributed by atoms with van der Waals surface area (Å²) < 4.78 is 4.94. The second kappa shape index (κ2) is 5.85. The van der Waals surface area contributed by atoms with Gasteiger partial charge in [-0.2, -0.15) is 0 Å². The molecule has 1 aromatic rings. The van der Waals surface area contributed by atoms with Gasteiger partial charge in [0.05, 0.1) is 7.11 Å². The minimum atomic E-state index is -2.12. The molecule has 19 heavy (non-hydrogen) atoms. The number of carboxylic acids is 2. The third-order valence-corrected chi connectivity index (χ3v) is 2.53. The lowest BCUT2D eigenvalue weighted by molar-refractivity contribution is -0.157. The summed E-state index contributed by atoms with van der Waals surface area (Å²) in [4.78, 5) is 34.3. The van der Waals surface area contributed by atoms with E-state index in [-0.39, 0.29) is 0 Å². The Balaban J connectivity index is 2.97. The number of benzene rings is 1. The summed E-state index contributed by atoms with van der Waals surface area (Å²) in [5.41, 5.74) is 0.373. The van der Waals surface area contributed by atoms with Crippen molar-refractivity contribution in [1.82, 2.24) is 0 Å². The number of methoxy groups -OCH3 is 1. The van der Waals surface area contributed by atoms with E-state index in [1.807, 2.05) is 0 Å². The fraction of sp³-hybridized carbons (Fsp3) is 0.250. The average molecular weight is 267 g/mol. The minimum absolute atomic E-state index is 0.373. The van der Waals surface area contributed by atoms with Gasteiger partial charge < -0.3 is 19.8 Å². The Morgan fingerprint density at radius 2 is 1.58 bits per heavy atom. The van der Waals surface area contributed by atoms with Crippen LogP contribution in [0.2, 0.25) is 0 Å². The molecule has 0 saturated heterocycles. The van der Waals surface area contributed by atoms with Crippen molar-refractivity contribution in [3.63, 3.8) is 0 Å². The van der Waals surface area contributed by atoms with Gasteiger partial charge in [0.15, 0.2) is 0 Å². The molecule has 0 fully saturated rings. The van der Waals surface area contributed by atoms with Crippen LogP contribution in [0.5, 0.6) is 5.75 Å². The zero-order chi connectivity index (χ0) is 14.6. The van der Waals surface area contributed by atoms with Crippen LogP contribution in [0.1, 0.15) is 0 Å². The van der Waals surface area contributed by atoms with Crippen molar-refractivity contribution in [1.29, 1.82) is 0 Å². The second-order valence-corrected chi connectivity index (χ2v) is 3.70. The highest BCUT2D eigenvalue weighted by Gasteiger charge is 2.36. The van der Waals surface area contributed by atoms with Crippen molar-refractivity contribution < 1.29 is 29.3 Å². The molecule has 0 aromatic heterocycles. The molecule has 0 aliphatic carbocycles. The minimum Gasteiger partial charge on any atom is -0.497 e. The van der Waals surface area contributed by atoms with E-state index in [4.69, 9.17) is 14.9 Å². The van der Waals surface area contributed by atoms with E-state index in [2.05, 4.69) is 0 Å². The molecule has 0 aliphatic rings. The van der Waals surface area contributed by atoms with E-state index < -0.39 is 23.8 Å². The molecule has 0 spiro atoms. The van der Waals surface area contributed by atoms with Crippen molar-refractivity contribution in [2.45, 2.75) is 0 Å². The first-order valence-electron chi connectivity index (χ1n) is 5.25. The van der Waals surface area contributed by atoms with Crippen LogP contribution in [0.4, 0.5) is 5.69 Å². The zero-order valence-electron chi connectivity index (χ0n) is 10.4. The van der Waals surface area contributed by atoms with Crippen LogP contribution in [-0.2, 0) is 14.4 Å². The molecule has 0 bridgehead atoms. The number of hydrogen-bond acceptors (Lipinski definition) is 4. The molecule has 0 unspecified atom stereocenters. The van der Waals surface area contributed by atoms with Gasteiger partial charge in [-0.05, 0) is 24.3 Å². The molecule has 1 rings (SSSR count). The molecule has 0 aliphatic heterocycles. The summed E-state index contributed by atoms with van der Waals surface area (Å²) in [5, 5.41) is 17.5. The van der Waals surface area contributed by atoms with Gasteiger partial charge in [-0.3, -0.25) is 14.4 Å². The van der Waals surface area contributed by atoms with Crippen LogP contribution in [0.25, 0.3) is 0 Å². The van der Waals surface area contributed by atoms with Gasteiger partial charge in [0.2, 0.25) is 5.92 Å². The molecule has 7 nitrogen and oxygen atoms in total. The van der Waals surface area contributed by atoms with Gasteiger partial charge in [-0.1, -0.05) is 0 Å². The van der Waals surface area contributed by atoms with Crippen LogP contribution in [0, 0.1) is 5.92 Å². The van der Waals surface area contributed by atoms with Gasteiger partial charge in [0.25, 0.3) is 5.91 Å². The van der Waals surface area contributed by atoms with Gasteiger partial charge in [-0.25, -0.2) is 0 Å². The molecule has 1 amide bonds. The summed E-state index contributed by atoms with van der Waals surface area (Å²) in [6, 6.07) is 6.21. The third kappa shape index (κ3) is 3.21. The summed E-state index contributed by atoms with van der Waals surface area (Å²) in [5.74, 6) is -5.97. The molecule has 0 heterocycles. The molecule has 0 radical (unpaired) electrons. The predicted octanol–water partition coefficient (Wildman–Crippen LogP) is 0.443. The number of hydrogen-bond donors (Lipinski definition) is 2. The summed E-state index contributed by atoms with van der Waals surface area (Å²) in [7, 11) is 2.79. The van der Waals surface area contributed by atoms with E-state index in [9.17, 15) is 14.4 Å². The topological polar surface area (TPSA) is 104 Å². The number of rotatable bonds is 5. The normalized spacial score (nSPS) is 10.1. The van der Waals surface area contributed by atoms with Crippen LogP contribution in [-0.4, -0.2) is 42.2 Å². The molecular formula is C12H13NO6. The Bertz CT molecular complexity index is 481. The summed E-state index contributed by atoms with van der Waals surface area (Å²) >= 11 is 0. The summed E-state index contributed by atoms with van der Waals surface area (Å²) in [6.45, 7) is 0. The fourth-order valence-corrected chi connectivity index (χ4v) is 1.44. The number of aliphatic carboxylic acids is 2. The van der Waals surface area contributed by atoms with Crippen molar-refractivity contribution in [3.8, 4) is 5.75 Å². The molecular weight excluding hydrogens is 254 g/mol. The van der Waals surface area contributed by atoms with Crippen molar-refractivity contribution >= 4 is 23.5 Å². The monoisotopic (exact) mass is 267 g/mol. The molecule has 7 heteroatoms. The molecule has 2 N–H and O–H groups in total. The van der Waals surface area contributed by atoms with Crippen molar-refractivity contribution in [2.75, 3.05) is 19.1 Å². The first-order chi connectivity index (χ1) is 8.88. The highest BCUT2D eigenvalue weighted by molar-refractivity contribution is 6.17. The highest BCUT2D eigenvalue weighted by Crippen LogP contribution is 2.19.